The molecule has 0 saturated heterocycles. The molecule has 1 nitrogen and oxygen atoms in total. The number of unbranched alkanes of at least 4 members (excludes halogenated alkanes) is 2. The van der Waals surface area contributed by atoms with Crippen LogP contribution in [0, 0.1) is 0 Å². The van der Waals surface area contributed by atoms with Crippen LogP contribution in [0.4, 0.5) is 4.53 Å². The third-order valence-electron chi connectivity index (χ3n) is 1.89. The van der Waals surface area contributed by atoms with Crippen molar-refractivity contribution in [2.24, 2.45) is 0 Å². The van der Waals surface area contributed by atoms with E-state index in [0.29, 0.717) is 0 Å². The van der Waals surface area contributed by atoms with Gasteiger partial charge in [0.2, 0.25) is 0 Å². The molecule has 0 fully saturated rings. The quantitative estimate of drug-likeness (QED) is 0.555. The maximum absolute atomic E-state index is 11.8. The SMILES string of the molecule is CCCCC(CCCC)OF. The maximum Gasteiger partial charge on any atom is 0.0983 e. The van der Waals surface area contributed by atoms with Gasteiger partial charge in [0.1, 0.15) is 0 Å². The molecule has 0 rings (SSSR count). The summed E-state index contributed by atoms with van der Waals surface area (Å²) in [5, 5.41) is 0. The first-order chi connectivity index (χ1) is 5.35. The maximum atomic E-state index is 11.8. The van der Waals surface area contributed by atoms with Gasteiger partial charge >= 0.3 is 0 Å². The van der Waals surface area contributed by atoms with Crippen LogP contribution in [0.1, 0.15) is 52.4 Å². The molecule has 0 aromatic carbocycles. The van der Waals surface area contributed by atoms with Crippen molar-refractivity contribution in [3.8, 4) is 0 Å². The van der Waals surface area contributed by atoms with Crippen molar-refractivity contribution in [3.05, 3.63) is 0 Å². The van der Waals surface area contributed by atoms with Crippen molar-refractivity contribution in [2.45, 2.75) is 58.5 Å². The molecule has 0 aliphatic carbocycles. The summed E-state index contributed by atoms with van der Waals surface area (Å²) in [6.07, 6.45) is 5.96. The molecule has 0 bridgehead atoms. The lowest BCUT2D eigenvalue weighted by molar-refractivity contribution is -0.183. The molecule has 11 heavy (non-hydrogen) atoms. The lowest BCUT2D eigenvalue weighted by Gasteiger charge is -2.09. The van der Waals surface area contributed by atoms with Gasteiger partial charge in [-0.2, -0.15) is 4.94 Å². The minimum absolute atomic E-state index is 0.144. The van der Waals surface area contributed by atoms with Crippen LogP contribution in [-0.4, -0.2) is 6.10 Å². The Balaban J connectivity index is 3.25. The van der Waals surface area contributed by atoms with Crippen LogP contribution < -0.4 is 0 Å². The van der Waals surface area contributed by atoms with Crippen LogP contribution in [0.25, 0.3) is 0 Å². The minimum atomic E-state index is -0.144. The normalized spacial score (nSPS) is 10.9. The van der Waals surface area contributed by atoms with Crippen molar-refractivity contribution in [1.29, 1.82) is 0 Å². The first kappa shape index (κ1) is 10.9. The topological polar surface area (TPSA) is 9.23 Å². The third-order valence-corrected chi connectivity index (χ3v) is 1.89. The zero-order valence-corrected chi connectivity index (χ0v) is 7.61. The number of hydrogen-bond acceptors (Lipinski definition) is 1. The van der Waals surface area contributed by atoms with Crippen LogP contribution in [0.2, 0.25) is 0 Å². The van der Waals surface area contributed by atoms with E-state index in [1.807, 2.05) is 0 Å². The summed E-state index contributed by atoms with van der Waals surface area (Å²) in [6, 6.07) is 0. The molecule has 0 aromatic heterocycles. The Labute approximate surface area is 68.8 Å². The standard InChI is InChI=1S/C9H19FO/c1-3-5-7-9(11-10)8-6-4-2/h9H,3-8H2,1-2H3. The van der Waals surface area contributed by atoms with Crippen molar-refractivity contribution in [2.75, 3.05) is 0 Å². The number of halogens is 1. The van der Waals surface area contributed by atoms with E-state index >= 15 is 0 Å². The first-order valence-electron chi connectivity index (χ1n) is 4.62. The highest BCUT2D eigenvalue weighted by atomic mass is 19.3. The summed E-state index contributed by atoms with van der Waals surface area (Å²) < 4.78 is 11.8. The second-order valence-corrected chi connectivity index (χ2v) is 3.00. The van der Waals surface area contributed by atoms with E-state index in [9.17, 15) is 4.53 Å². The summed E-state index contributed by atoms with van der Waals surface area (Å²) in [6.45, 7) is 4.21. The van der Waals surface area contributed by atoms with E-state index in [2.05, 4.69) is 18.8 Å². The highest BCUT2D eigenvalue weighted by molar-refractivity contribution is 4.55. The van der Waals surface area contributed by atoms with Crippen LogP contribution >= 0.6 is 0 Å². The molecule has 0 heterocycles. The van der Waals surface area contributed by atoms with Gasteiger partial charge in [0.25, 0.3) is 0 Å². The van der Waals surface area contributed by atoms with Gasteiger partial charge in [0.15, 0.2) is 0 Å². The van der Waals surface area contributed by atoms with Gasteiger partial charge < -0.3 is 0 Å². The zero-order chi connectivity index (χ0) is 8.53. The fourth-order valence-corrected chi connectivity index (χ4v) is 1.10. The Morgan fingerprint density at radius 2 is 1.55 bits per heavy atom. The minimum Gasteiger partial charge on any atom is -0.191 e. The van der Waals surface area contributed by atoms with Gasteiger partial charge in [0, 0.05) is 0 Å². The van der Waals surface area contributed by atoms with Crippen molar-refractivity contribution >= 4 is 0 Å². The summed E-state index contributed by atoms with van der Waals surface area (Å²) in [4.78, 5) is 3.85. The lowest BCUT2D eigenvalue weighted by Crippen LogP contribution is -2.07. The Bertz CT molecular complexity index is 68.0. The molecule has 0 radical (unpaired) electrons. The summed E-state index contributed by atoms with van der Waals surface area (Å²) >= 11 is 0. The molecule has 0 spiro atoms. The van der Waals surface area contributed by atoms with Crippen LogP contribution in [0.3, 0.4) is 0 Å². The van der Waals surface area contributed by atoms with E-state index in [1.54, 1.807) is 0 Å². The monoisotopic (exact) mass is 162 g/mol. The van der Waals surface area contributed by atoms with E-state index in [-0.39, 0.29) is 6.10 Å². The van der Waals surface area contributed by atoms with Crippen molar-refractivity contribution in [3.63, 3.8) is 0 Å². The molecule has 0 saturated carbocycles. The average Bonchev–Trinajstić information content (AvgIpc) is 2.05. The fraction of sp³-hybridized carbons (Fsp3) is 1.00. The largest absolute Gasteiger partial charge is 0.191 e. The molecule has 0 amide bonds. The summed E-state index contributed by atoms with van der Waals surface area (Å²) in [7, 11) is 0. The Morgan fingerprint density at radius 1 is 1.09 bits per heavy atom. The highest BCUT2D eigenvalue weighted by Gasteiger charge is 2.07. The first-order valence-corrected chi connectivity index (χ1v) is 4.62. The lowest BCUT2D eigenvalue weighted by atomic mass is 10.1. The van der Waals surface area contributed by atoms with Gasteiger partial charge in [-0.15, -0.1) is 0 Å². The van der Waals surface area contributed by atoms with Crippen molar-refractivity contribution in [1.82, 2.24) is 0 Å². The van der Waals surface area contributed by atoms with Gasteiger partial charge in [-0.25, -0.2) is 0 Å². The highest BCUT2D eigenvalue weighted by Crippen LogP contribution is 2.12. The second-order valence-electron chi connectivity index (χ2n) is 3.00. The van der Waals surface area contributed by atoms with Gasteiger partial charge in [-0.3, -0.25) is 0 Å². The third kappa shape index (κ3) is 6.29. The summed E-state index contributed by atoms with van der Waals surface area (Å²) in [5.41, 5.74) is 0. The molecule has 0 N–H and O–H groups in total. The fourth-order valence-electron chi connectivity index (χ4n) is 1.10. The molecule has 0 aliphatic rings. The predicted molar refractivity (Wildman–Crippen MR) is 45.0 cm³/mol. The summed E-state index contributed by atoms with van der Waals surface area (Å²) in [5.74, 6) is 0. The van der Waals surface area contributed by atoms with Gasteiger partial charge in [0.05, 0.1) is 6.10 Å². The van der Waals surface area contributed by atoms with Gasteiger partial charge in [-0.1, -0.05) is 39.5 Å². The second kappa shape index (κ2) is 7.99. The molecule has 0 unspecified atom stereocenters. The van der Waals surface area contributed by atoms with Crippen molar-refractivity contribution < 1.29 is 9.47 Å². The Hall–Kier alpha value is -0.110. The predicted octanol–water partition coefficient (Wildman–Crippen LogP) is 3.64. The van der Waals surface area contributed by atoms with Crippen LogP contribution in [0.5, 0.6) is 0 Å². The van der Waals surface area contributed by atoms with Crippen LogP contribution in [0.15, 0.2) is 0 Å². The Morgan fingerprint density at radius 3 is 1.82 bits per heavy atom. The molecule has 2 heteroatoms. The number of rotatable bonds is 7. The molecule has 68 valence electrons. The van der Waals surface area contributed by atoms with E-state index in [0.717, 1.165) is 38.5 Å². The average molecular weight is 162 g/mol. The number of hydrogen-bond donors (Lipinski definition) is 0. The van der Waals surface area contributed by atoms with E-state index in [4.69, 9.17) is 0 Å². The zero-order valence-electron chi connectivity index (χ0n) is 7.61. The van der Waals surface area contributed by atoms with E-state index in [1.165, 1.54) is 0 Å². The molecule has 0 aliphatic heterocycles. The van der Waals surface area contributed by atoms with Gasteiger partial charge in [-0.05, 0) is 17.4 Å². The Kier molecular flexibility index (Phi) is 7.91. The van der Waals surface area contributed by atoms with Crippen LogP contribution in [-0.2, 0) is 4.94 Å². The smallest absolute Gasteiger partial charge is 0.0983 e. The molecule has 0 aromatic rings. The molecular formula is C9H19FO. The molecular weight excluding hydrogens is 143 g/mol. The molecule has 0 atom stereocenters. The van der Waals surface area contributed by atoms with E-state index < -0.39 is 0 Å².